The molecule has 1 amide bonds. The molecule has 2 aromatic rings. The molecule has 0 aromatic heterocycles. The van der Waals surface area contributed by atoms with Crippen LogP contribution in [0.4, 0.5) is 11.4 Å². The van der Waals surface area contributed by atoms with Gasteiger partial charge in [0, 0.05) is 15.8 Å². The number of aryl methyl sites for hydroxylation is 1. The predicted molar refractivity (Wildman–Crippen MR) is 84.6 cm³/mol. The molecule has 108 valence electrons. The highest BCUT2D eigenvalue weighted by molar-refractivity contribution is 9.10. The van der Waals surface area contributed by atoms with Crippen molar-refractivity contribution in [2.45, 2.75) is 6.92 Å². The molecule has 0 heterocycles. The van der Waals surface area contributed by atoms with Crippen LogP contribution in [0.2, 0.25) is 0 Å². The minimum Gasteiger partial charge on any atom is -0.478 e. The van der Waals surface area contributed by atoms with Gasteiger partial charge in [0.25, 0.3) is 5.91 Å². The van der Waals surface area contributed by atoms with E-state index in [0.29, 0.717) is 22.5 Å². The molecule has 4 N–H and O–H groups in total. The molecule has 2 rings (SSSR count). The first-order valence-corrected chi connectivity index (χ1v) is 6.88. The topological polar surface area (TPSA) is 92.4 Å². The Morgan fingerprint density at radius 1 is 1.14 bits per heavy atom. The van der Waals surface area contributed by atoms with Gasteiger partial charge in [0.2, 0.25) is 0 Å². The Balaban J connectivity index is 2.27. The number of amides is 1. The highest BCUT2D eigenvalue weighted by Crippen LogP contribution is 2.21. The fourth-order valence-corrected chi connectivity index (χ4v) is 2.25. The van der Waals surface area contributed by atoms with Gasteiger partial charge in [0.15, 0.2) is 0 Å². The van der Waals surface area contributed by atoms with E-state index in [0.717, 1.165) is 4.47 Å². The number of carbonyl (C=O) groups excluding carboxylic acids is 1. The van der Waals surface area contributed by atoms with Crippen molar-refractivity contribution in [2.24, 2.45) is 0 Å². The summed E-state index contributed by atoms with van der Waals surface area (Å²) in [5.74, 6) is -1.42. The van der Waals surface area contributed by atoms with E-state index in [-0.39, 0.29) is 11.5 Å². The smallest absolute Gasteiger partial charge is 0.336 e. The molecule has 0 aliphatic carbocycles. The van der Waals surface area contributed by atoms with E-state index >= 15 is 0 Å². The maximum Gasteiger partial charge on any atom is 0.336 e. The summed E-state index contributed by atoms with van der Waals surface area (Å²) in [7, 11) is 0. The number of aromatic carboxylic acids is 1. The monoisotopic (exact) mass is 348 g/mol. The van der Waals surface area contributed by atoms with Crippen LogP contribution >= 0.6 is 15.9 Å². The molecule has 0 saturated heterocycles. The van der Waals surface area contributed by atoms with Crippen molar-refractivity contribution in [3.63, 3.8) is 0 Å². The molecule has 0 aliphatic rings. The molecule has 21 heavy (non-hydrogen) atoms. The molecule has 0 aliphatic heterocycles. The Morgan fingerprint density at radius 2 is 1.86 bits per heavy atom. The Bertz CT molecular complexity index is 729. The minimum atomic E-state index is -1.04. The Labute approximate surface area is 129 Å². The van der Waals surface area contributed by atoms with Gasteiger partial charge in [0.05, 0.1) is 11.1 Å². The van der Waals surface area contributed by atoms with Crippen LogP contribution in [0.25, 0.3) is 0 Å². The number of hydrogen-bond acceptors (Lipinski definition) is 3. The first kappa shape index (κ1) is 15.1. The van der Waals surface area contributed by atoms with Crippen LogP contribution < -0.4 is 11.1 Å². The number of carboxylic acid groups (broad SMARTS) is 1. The number of anilines is 2. The van der Waals surface area contributed by atoms with Gasteiger partial charge >= 0.3 is 5.97 Å². The van der Waals surface area contributed by atoms with Crippen molar-refractivity contribution in [1.82, 2.24) is 0 Å². The fraction of sp³-hybridized carbons (Fsp3) is 0.0667. The number of halogens is 1. The summed E-state index contributed by atoms with van der Waals surface area (Å²) in [5, 5.41) is 11.7. The molecule has 0 bridgehead atoms. The largest absolute Gasteiger partial charge is 0.478 e. The summed E-state index contributed by atoms with van der Waals surface area (Å²) in [6.07, 6.45) is 0. The molecule has 0 radical (unpaired) electrons. The molecule has 0 atom stereocenters. The van der Waals surface area contributed by atoms with Crippen molar-refractivity contribution in [3.8, 4) is 0 Å². The minimum absolute atomic E-state index is 0.150. The fourth-order valence-electron chi connectivity index (χ4n) is 1.87. The number of nitrogen functional groups attached to an aromatic ring is 1. The molecule has 5 nitrogen and oxygen atoms in total. The first-order chi connectivity index (χ1) is 9.88. The van der Waals surface area contributed by atoms with E-state index in [2.05, 4.69) is 21.2 Å². The normalized spacial score (nSPS) is 10.2. The first-order valence-electron chi connectivity index (χ1n) is 6.09. The van der Waals surface area contributed by atoms with Crippen LogP contribution in [0.15, 0.2) is 40.9 Å². The Kier molecular flexibility index (Phi) is 4.28. The van der Waals surface area contributed by atoms with Crippen molar-refractivity contribution < 1.29 is 14.7 Å². The Morgan fingerprint density at radius 3 is 2.48 bits per heavy atom. The van der Waals surface area contributed by atoms with Crippen molar-refractivity contribution in [2.75, 3.05) is 11.1 Å². The van der Waals surface area contributed by atoms with Gasteiger partial charge in [-0.3, -0.25) is 4.79 Å². The quantitative estimate of drug-likeness (QED) is 0.742. The lowest BCUT2D eigenvalue weighted by Crippen LogP contribution is -2.14. The summed E-state index contributed by atoms with van der Waals surface area (Å²) >= 11 is 3.27. The lowest BCUT2D eigenvalue weighted by atomic mass is 10.1. The zero-order valence-corrected chi connectivity index (χ0v) is 12.8. The standard InChI is InChI=1S/C15H13BrN2O3/c1-8-2-4-10(7-12(8)15(20)21)18-14(19)11-5-3-9(16)6-13(11)17/h2-7H,17H2,1H3,(H,18,19)(H,20,21). The predicted octanol–water partition coefficient (Wildman–Crippen LogP) is 3.29. The van der Waals surface area contributed by atoms with Gasteiger partial charge in [-0.15, -0.1) is 0 Å². The molecule has 0 saturated carbocycles. The van der Waals surface area contributed by atoms with E-state index in [1.165, 1.54) is 6.07 Å². The van der Waals surface area contributed by atoms with Crippen LogP contribution in [-0.2, 0) is 0 Å². The lowest BCUT2D eigenvalue weighted by Gasteiger charge is -2.09. The van der Waals surface area contributed by atoms with E-state index in [9.17, 15) is 9.59 Å². The molecule has 6 heteroatoms. The van der Waals surface area contributed by atoms with Gasteiger partial charge < -0.3 is 16.2 Å². The highest BCUT2D eigenvalue weighted by atomic mass is 79.9. The van der Waals surface area contributed by atoms with Crippen molar-refractivity contribution >= 4 is 39.2 Å². The maximum atomic E-state index is 12.2. The third-order valence-corrected chi connectivity index (χ3v) is 3.48. The number of nitrogens with one attached hydrogen (secondary N) is 1. The van der Waals surface area contributed by atoms with Crippen LogP contribution in [0.1, 0.15) is 26.3 Å². The second-order valence-electron chi connectivity index (χ2n) is 4.52. The van der Waals surface area contributed by atoms with Crippen LogP contribution in [0, 0.1) is 6.92 Å². The second kappa shape index (κ2) is 5.97. The summed E-state index contributed by atoms with van der Waals surface area (Å²) < 4.78 is 0.778. The zero-order chi connectivity index (χ0) is 15.6. The van der Waals surface area contributed by atoms with Crippen molar-refractivity contribution in [1.29, 1.82) is 0 Å². The molecule has 0 spiro atoms. The highest BCUT2D eigenvalue weighted by Gasteiger charge is 2.12. The number of hydrogen-bond donors (Lipinski definition) is 3. The van der Waals surface area contributed by atoms with Gasteiger partial charge in [-0.2, -0.15) is 0 Å². The molecule has 2 aromatic carbocycles. The number of nitrogens with two attached hydrogens (primary N) is 1. The summed E-state index contributed by atoms with van der Waals surface area (Å²) in [6.45, 7) is 1.70. The lowest BCUT2D eigenvalue weighted by molar-refractivity contribution is 0.0695. The number of benzene rings is 2. The maximum absolute atomic E-state index is 12.2. The number of carbonyl (C=O) groups is 2. The van der Waals surface area contributed by atoms with Crippen molar-refractivity contribution in [3.05, 3.63) is 57.6 Å². The number of rotatable bonds is 3. The molecular weight excluding hydrogens is 336 g/mol. The Hall–Kier alpha value is -2.34. The summed E-state index contributed by atoms with van der Waals surface area (Å²) in [4.78, 5) is 23.2. The third kappa shape index (κ3) is 3.41. The number of carboxylic acids is 1. The van der Waals surface area contributed by atoms with E-state index < -0.39 is 5.97 Å². The van der Waals surface area contributed by atoms with Crippen LogP contribution in [-0.4, -0.2) is 17.0 Å². The average Bonchev–Trinajstić information content (AvgIpc) is 2.40. The SMILES string of the molecule is Cc1ccc(NC(=O)c2ccc(Br)cc2N)cc1C(=O)O. The van der Waals surface area contributed by atoms with Crippen LogP contribution in [0.3, 0.4) is 0 Å². The van der Waals surface area contributed by atoms with Crippen LogP contribution in [0.5, 0.6) is 0 Å². The summed E-state index contributed by atoms with van der Waals surface area (Å²) in [5.41, 5.74) is 7.65. The van der Waals surface area contributed by atoms with Gasteiger partial charge in [-0.1, -0.05) is 22.0 Å². The van der Waals surface area contributed by atoms with E-state index in [4.69, 9.17) is 10.8 Å². The molecule has 0 unspecified atom stereocenters. The molecule has 0 fully saturated rings. The third-order valence-electron chi connectivity index (χ3n) is 2.98. The second-order valence-corrected chi connectivity index (χ2v) is 5.44. The van der Waals surface area contributed by atoms with Gasteiger partial charge in [-0.25, -0.2) is 4.79 Å². The van der Waals surface area contributed by atoms with Gasteiger partial charge in [-0.05, 0) is 42.8 Å². The average molecular weight is 349 g/mol. The van der Waals surface area contributed by atoms with Gasteiger partial charge in [0.1, 0.15) is 0 Å². The summed E-state index contributed by atoms with van der Waals surface area (Å²) in [6, 6.07) is 9.65. The van der Waals surface area contributed by atoms with E-state index in [1.807, 2.05) is 0 Å². The van der Waals surface area contributed by atoms with E-state index in [1.54, 1.807) is 37.3 Å². The zero-order valence-electron chi connectivity index (χ0n) is 11.2. The molecular formula is C15H13BrN2O3.